The van der Waals surface area contributed by atoms with Gasteiger partial charge in [0, 0.05) is 41.0 Å². The van der Waals surface area contributed by atoms with Gasteiger partial charge in [0.25, 0.3) is 0 Å². The first-order chi connectivity index (χ1) is 11.3. The summed E-state index contributed by atoms with van der Waals surface area (Å²) in [6.45, 7) is 1.80. The van der Waals surface area contributed by atoms with Crippen LogP contribution in [0.25, 0.3) is 0 Å². The molecule has 3 rings (SSSR count). The second-order valence-corrected chi connectivity index (χ2v) is 7.73. The molecule has 0 N–H and O–H groups in total. The summed E-state index contributed by atoms with van der Waals surface area (Å²) in [5, 5.41) is 0. The van der Waals surface area contributed by atoms with Gasteiger partial charge in [-0.1, -0.05) is 18.2 Å². The van der Waals surface area contributed by atoms with Crippen molar-refractivity contribution in [3.63, 3.8) is 0 Å². The highest BCUT2D eigenvalue weighted by Crippen LogP contribution is 2.26. The van der Waals surface area contributed by atoms with E-state index in [0.29, 0.717) is 11.7 Å². The summed E-state index contributed by atoms with van der Waals surface area (Å²) >= 11 is 3.48. The molecule has 1 aliphatic heterocycles. The molecule has 1 unspecified atom stereocenters. The predicted molar refractivity (Wildman–Crippen MR) is 96.8 cm³/mol. The number of rotatable bonds is 6. The van der Waals surface area contributed by atoms with Crippen LogP contribution in [0.2, 0.25) is 0 Å². The summed E-state index contributed by atoms with van der Waals surface area (Å²) in [5.41, 5.74) is 0. The van der Waals surface area contributed by atoms with E-state index >= 15 is 0 Å². The number of hydrogen-bond acceptors (Lipinski definition) is 4. The maximum Gasteiger partial charge on any atom is 0.232 e. The molecule has 2 heterocycles. The van der Waals surface area contributed by atoms with Crippen molar-refractivity contribution in [1.82, 2.24) is 9.88 Å². The second-order valence-electron chi connectivity index (χ2n) is 5.59. The lowest BCUT2D eigenvalue weighted by atomic mass is 10.2. The van der Waals surface area contributed by atoms with E-state index in [-0.39, 0.29) is 5.91 Å². The van der Waals surface area contributed by atoms with Gasteiger partial charge in [-0.05, 0) is 36.6 Å². The van der Waals surface area contributed by atoms with Crippen molar-refractivity contribution in [3.8, 4) is 0 Å². The maximum absolute atomic E-state index is 12.3. The minimum Gasteiger partial charge on any atom is -0.342 e. The monoisotopic (exact) mass is 344 g/mol. The van der Waals surface area contributed by atoms with Crippen LogP contribution in [0.15, 0.2) is 64.6 Å². The Hall–Kier alpha value is -1.46. The van der Waals surface area contributed by atoms with Gasteiger partial charge in [0.15, 0.2) is 0 Å². The van der Waals surface area contributed by atoms with Crippen LogP contribution in [0.3, 0.4) is 0 Å². The number of benzene rings is 1. The van der Waals surface area contributed by atoms with E-state index in [1.54, 1.807) is 24.2 Å². The summed E-state index contributed by atoms with van der Waals surface area (Å²) < 4.78 is 0. The smallest absolute Gasteiger partial charge is 0.232 e. The molecule has 0 radical (unpaired) electrons. The van der Waals surface area contributed by atoms with Crippen molar-refractivity contribution < 1.29 is 4.79 Å². The topological polar surface area (TPSA) is 33.2 Å². The Balaban J connectivity index is 1.41. The van der Waals surface area contributed by atoms with Gasteiger partial charge >= 0.3 is 0 Å². The zero-order valence-electron chi connectivity index (χ0n) is 12.9. The highest BCUT2D eigenvalue weighted by molar-refractivity contribution is 8.00. The van der Waals surface area contributed by atoms with Gasteiger partial charge in [-0.3, -0.25) is 9.78 Å². The predicted octanol–water partition coefficient (Wildman–Crippen LogP) is 3.81. The molecule has 0 spiro atoms. The lowest BCUT2D eigenvalue weighted by Gasteiger charge is -2.16. The fourth-order valence-electron chi connectivity index (χ4n) is 2.60. The van der Waals surface area contributed by atoms with Crippen molar-refractivity contribution in [2.75, 3.05) is 24.6 Å². The third kappa shape index (κ3) is 5.01. The van der Waals surface area contributed by atoms with E-state index < -0.39 is 0 Å². The van der Waals surface area contributed by atoms with Gasteiger partial charge in [0.1, 0.15) is 0 Å². The molecule has 1 fully saturated rings. The number of carbonyl (C=O) groups excluding carboxylic acids is 1. The number of amides is 1. The molecular weight excluding hydrogens is 324 g/mol. The third-order valence-corrected chi connectivity index (χ3v) is 6.12. The van der Waals surface area contributed by atoms with Crippen molar-refractivity contribution in [2.24, 2.45) is 5.92 Å². The Morgan fingerprint density at radius 3 is 2.61 bits per heavy atom. The Kier molecular flexibility index (Phi) is 6.00. The molecule has 5 heteroatoms. The SMILES string of the molecule is O=C(CSc1ccncc1)N1CCC(CSc2ccccc2)C1. The minimum atomic E-state index is 0.249. The van der Waals surface area contributed by atoms with Gasteiger partial charge in [0.2, 0.25) is 5.91 Å². The zero-order valence-corrected chi connectivity index (χ0v) is 14.6. The quantitative estimate of drug-likeness (QED) is 0.746. The molecule has 0 bridgehead atoms. The lowest BCUT2D eigenvalue weighted by molar-refractivity contribution is -0.127. The van der Waals surface area contributed by atoms with Crippen LogP contribution in [0, 0.1) is 5.92 Å². The normalized spacial score (nSPS) is 17.4. The fourth-order valence-corrected chi connectivity index (χ4v) is 4.43. The van der Waals surface area contributed by atoms with E-state index in [1.165, 1.54) is 4.90 Å². The highest BCUT2D eigenvalue weighted by atomic mass is 32.2. The van der Waals surface area contributed by atoms with Crippen LogP contribution in [0.5, 0.6) is 0 Å². The Morgan fingerprint density at radius 2 is 1.83 bits per heavy atom. The van der Waals surface area contributed by atoms with Crippen LogP contribution in [0.4, 0.5) is 0 Å². The highest BCUT2D eigenvalue weighted by Gasteiger charge is 2.26. The van der Waals surface area contributed by atoms with Crippen molar-refractivity contribution >= 4 is 29.4 Å². The average molecular weight is 345 g/mol. The molecule has 120 valence electrons. The zero-order chi connectivity index (χ0) is 15.9. The molecule has 1 aromatic heterocycles. The Labute approximate surface area is 145 Å². The van der Waals surface area contributed by atoms with Gasteiger partial charge in [-0.25, -0.2) is 0 Å². The van der Waals surface area contributed by atoms with E-state index in [1.807, 2.05) is 34.9 Å². The first kappa shape index (κ1) is 16.4. The first-order valence-electron chi connectivity index (χ1n) is 7.80. The number of hydrogen-bond donors (Lipinski definition) is 0. The minimum absolute atomic E-state index is 0.249. The van der Waals surface area contributed by atoms with Crippen LogP contribution in [-0.2, 0) is 4.79 Å². The number of nitrogens with zero attached hydrogens (tertiary/aromatic N) is 2. The molecule has 23 heavy (non-hydrogen) atoms. The molecule has 1 saturated heterocycles. The number of pyridine rings is 1. The number of thioether (sulfide) groups is 2. The maximum atomic E-state index is 12.3. The van der Waals surface area contributed by atoms with E-state index in [2.05, 4.69) is 29.2 Å². The van der Waals surface area contributed by atoms with E-state index in [4.69, 9.17) is 0 Å². The molecule has 2 aromatic rings. The van der Waals surface area contributed by atoms with E-state index in [9.17, 15) is 4.79 Å². The van der Waals surface area contributed by atoms with Crippen LogP contribution >= 0.6 is 23.5 Å². The van der Waals surface area contributed by atoms with Gasteiger partial charge < -0.3 is 4.90 Å². The number of aromatic nitrogens is 1. The summed E-state index contributed by atoms with van der Waals surface area (Å²) in [6, 6.07) is 14.4. The molecule has 1 amide bonds. The summed E-state index contributed by atoms with van der Waals surface area (Å²) in [5.74, 6) is 2.46. The molecule has 3 nitrogen and oxygen atoms in total. The van der Waals surface area contributed by atoms with Gasteiger partial charge in [-0.15, -0.1) is 23.5 Å². The lowest BCUT2D eigenvalue weighted by Crippen LogP contribution is -2.30. The average Bonchev–Trinajstić information content (AvgIpc) is 3.09. The molecule has 1 aliphatic rings. The Bertz CT molecular complexity index is 621. The molecule has 0 saturated carbocycles. The summed E-state index contributed by atoms with van der Waals surface area (Å²) in [4.78, 5) is 20.7. The first-order valence-corrected chi connectivity index (χ1v) is 9.77. The Morgan fingerprint density at radius 1 is 1.09 bits per heavy atom. The summed E-state index contributed by atoms with van der Waals surface area (Å²) in [6.07, 6.45) is 4.64. The number of carbonyl (C=O) groups is 1. The third-order valence-electron chi connectivity index (χ3n) is 3.88. The molecule has 1 aromatic carbocycles. The van der Waals surface area contributed by atoms with Crippen LogP contribution in [-0.4, -0.2) is 40.4 Å². The molecule has 1 atom stereocenters. The fraction of sp³-hybridized carbons (Fsp3) is 0.333. The van der Waals surface area contributed by atoms with Gasteiger partial charge in [0.05, 0.1) is 5.75 Å². The summed E-state index contributed by atoms with van der Waals surface area (Å²) in [7, 11) is 0. The second kappa shape index (κ2) is 8.41. The largest absolute Gasteiger partial charge is 0.342 e. The molecular formula is C18H20N2OS2. The van der Waals surface area contributed by atoms with Crippen molar-refractivity contribution in [3.05, 3.63) is 54.9 Å². The standard InChI is InChI=1S/C18H20N2OS2/c21-18(14-23-17-6-9-19-10-7-17)20-11-8-15(12-20)13-22-16-4-2-1-3-5-16/h1-7,9-10,15H,8,11-14H2. The van der Waals surface area contributed by atoms with Crippen molar-refractivity contribution in [1.29, 1.82) is 0 Å². The molecule has 0 aliphatic carbocycles. The van der Waals surface area contributed by atoms with Crippen LogP contribution in [0.1, 0.15) is 6.42 Å². The van der Waals surface area contributed by atoms with Crippen molar-refractivity contribution in [2.45, 2.75) is 16.2 Å². The number of likely N-dealkylation sites (tertiary alicyclic amines) is 1. The van der Waals surface area contributed by atoms with Crippen LogP contribution < -0.4 is 0 Å². The van der Waals surface area contributed by atoms with Gasteiger partial charge in [-0.2, -0.15) is 0 Å². The van der Waals surface area contributed by atoms with E-state index in [0.717, 1.165) is 30.2 Å².